The molecule has 0 saturated heterocycles. The maximum absolute atomic E-state index is 12.3. The number of nitrogens with zero attached hydrogens (tertiary/aromatic N) is 3. The van der Waals surface area contributed by atoms with Crippen molar-refractivity contribution in [2.24, 2.45) is 0 Å². The lowest BCUT2D eigenvalue weighted by atomic mass is 10.0. The molecular formula is C15H8ClN3OS2. The Bertz CT molecular complexity index is 835. The number of hydrogen-bond acceptors (Lipinski definition) is 6. The van der Waals surface area contributed by atoms with Gasteiger partial charge in [-0.2, -0.15) is 5.26 Å². The highest BCUT2D eigenvalue weighted by Crippen LogP contribution is 2.29. The molecule has 0 aliphatic rings. The van der Waals surface area contributed by atoms with Crippen LogP contribution in [0.15, 0.2) is 40.5 Å². The van der Waals surface area contributed by atoms with E-state index in [1.807, 2.05) is 23.6 Å². The molecule has 1 aromatic carbocycles. The van der Waals surface area contributed by atoms with E-state index in [2.05, 4.69) is 9.97 Å². The molecule has 7 heteroatoms. The van der Waals surface area contributed by atoms with E-state index in [1.165, 1.54) is 22.7 Å². The number of aromatic nitrogens is 2. The fourth-order valence-electron chi connectivity index (χ4n) is 1.88. The van der Waals surface area contributed by atoms with Crippen molar-refractivity contribution >= 4 is 40.1 Å². The third kappa shape index (κ3) is 2.92. The molecule has 1 atom stereocenters. The monoisotopic (exact) mass is 345 g/mol. The number of nitriles is 1. The highest BCUT2D eigenvalue weighted by atomic mass is 35.5. The largest absolute Gasteiger partial charge is 0.290 e. The average molecular weight is 346 g/mol. The van der Waals surface area contributed by atoms with Crippen LogP contribution in [0.5, 0.6) is 0 Å². The van der Waals surface area contributed by atoms with Crippen molar-refractivity contribution in [1.82, 2.24) is 9.97 Å². The van der Waals surface area contributed by atoms with E-state index < -0.39 is 5.92 Å². The summed E-state index contributed by atoms with van der Waals surface area (Å²) in [5.41, 5.74) is 3.50. The van der Waals surface area contributed by atoms with Gasteiger partial charge in [0.1, 0.15) is 10.7 Å². The zero-order valence-corrected chi connectivity index (χ0v) is 13.5. The number of halogens is 1. The van der Waals surface area contributed by atoms with Crippen LogP contribution in [0.2, 0.25) is 5.02 Å². The molecule has 4 nitrogen and oxygen atoms in total. The second-order valence-electron chi connectivity index (χ2n) is 4.38. The molecule has 2 aromatic heterocycles. The molecule has 22 heavy (non-hydrogen) atoms. The Morgan fingerprint density at radius 2 is 2.05 bits per heavy atom. The van der Waals surface area contributed by atoms with Crippen molar-refractivity contribution in [3.05, 3.63) is 56.3 Å². The summed E-state index contributed by atoms with van der Waals surface area (Å²) < 4.78 is 0. The molecule has 0 aliphatic carbocycles. The Labute approximate surface area is 139 Å². The van der Waals surface area contributed by atoms with Gasteiger partial charge in [0.05, 0.1) is 17.3 Å². The minimum atomic E-state index is -0.923. The van der Waals surface area contributed by atoms with Crippen LogP contribution in [0.1, 0.15) is 21.4 Å². The predicted molar refractivity (Wildman–Crippen MR) is 87.4 cm³/mol. The molecule has 0 fully saturated rings. The molecule has 0 aliphatic heterocycles. The summed E-state index contributed by atoms with van der Waals surface area (Å²) in [4.78, 5) is 20.7. The van der Waals surface area contributed by atoms with Gasteiger partial charge in [-0.25, -0.2) is 9.97 Å². The maximum atomic E-state index is 12.3. The van der Waals surface area contributed by atoms with Crippen LogP contribution in [-0.4, -0.2) is 15.8 Å². The first-order valence-electron chi connectivity index (χ1n) is 6.22. The van der Waals surface area contributed by atoms with Gasteiger partial charge in [-0.1, -0.05) is 23.7 Å². The molecular weight excluding hydrogens is 338 g/mol. The normalized spacial score (nSPS) is 11.8. The van der Waals surface area contributed by atoms with Gasteiger partial charge in [0.25, 0.3) is 0 Å². The summed E-state index contributed by atoms with van der Waals surface area (Å²) in [6.07, 6.45) is 0. The number of ketones is 1. The van der Waals surface area contributed by atoms with Crippen LogP contribution in [-0.2, 0) is 0 Å². The van der Waals surface area contributed by atoms with Crippen LogP contribution in [0.3, 0.4) is 0 Å². The number of carbonyl (C=O) groups excluding carboxylic acids is 1. The molecule has 0 amide bonds. The number of thiazole rings is 2. The van der Waals surface area contributed by atoms with E-state index in [-0.39, 0.29) is 5.78 Å². The number of hydrogen-bond donors (Lipinski definition) is 0. The topological polar surface area (TPSA) is 66.6 Å². The summed E-state index contributed by atoms with van der Waals surface area (Å²) in [5, 5.41) is 13.9. The Morgan fingerprint density at radius 1 is 1.27 bits per heavy atom. The second kappa shape index (κ2) is 6.36. The molecule has 0 radical (unpaired) electrons. The van der Waals surface area contributed by atoms with Gasteiger partial charge in [0, 0.05) is 21.3 Å². The van der Waals surface area contributed by atoms with Gasteiger partial charge in [-0.3, -0.25) is 4.79 Å². The minimum absolute atomic E-state index is 0.305. The molecule has 2 heterocycles. The van der Waals surface area contributed by atoms with E-state index in [0.717, 1.165) is 11.3 Å². The number of carbonyl (C=O) groups is 1. The zero-order valence-electron chi connectivity index (χ0n) is 11.1. The van der Waals surface area contributed by atoms with Gasteiger partial charge < -0.3 is 0 Å². The summed E-state index contributed by atoms with van der Waals surface area (Å²) in [6.45, 7) is 0. The van der Waals surface area contributed by atoms with E-state index >= 15 is 0 Å². The quantitative estimate of drug-likeness (QED) is 0.657. The SMILES string of the molecule is N#C[C@H](C(=O)c1cscn1)c1nc(-c2ccc(Cl)cc2)cs1. The molecule has 3 rings (SSSR count). The Balaban J connectivity index is 1.90. The van der Waals surface area contributed by atoms with Gasteiger partial charge in [-0.05, 0) is 12.1 Å². The molecule has 3 aromatic rings. The van der Waals surface area contributed by atoms with Gasteiger partial charge in [0.2, 0.25) is 5.78 Å². The summed E-state index contributed by atoms with van der Waals surface area (Å²) in [5.74, 6) is -1.24. The third-order valence-corrected chi connectivity index (χ3v) is 4.73. The summed E-state index contributed by atoms with van der Waals surface area (Å²) >= 11 is 8.48. The number of rotatable bonds is 4. The smallest absolute Gasteiger partial charge is 0.206 e. The highest BCUT2D eigenvalue weighted by molar-refractivity contribution is 7.10. The zero-order chi connectivity index (χ0) is 15.5. The maximum Gasteiger partial charge on any atom is 0.206 e. The molecule has 0 bridgehead atoms. The van der Waals surface area contributed by atoms with Crippen LogP contribution in [0.25, 0.3) is 11.3 Å². The van der Waals surface area contributed by atoms with Crippen molar-refractivity contribution in [3.8, 4) is 17.3 Å². The molecule has 0 saturated carbocycles. The fourth-order valence-corrected chi connectivity index (χ4v) is 3.42. The highest BCUT2D eigenvalue weighted by Gasteiger charge is 2.26. The number of benzene rings is 1. The van der Waals surface area contributed by atoms with Gasteiger partial charge >= 0.3 is 0 Å². The van der Waals surface area contributed by atoms with Crippen LogP contribution < -0.4 is 0 Å². The molecule has 0 unspecified atom stereocenters. The van der Waals surface area contributed by atoms with Gasteiger partial charge in [-0.15, -0.1) is 22.7 Å². The van der Waals surface area contributed by atoms with Crippen molar-refractivity contribution in [2.75, 3.05) is 0 Å². The standard InChI is InChI=1S/C15H8ClN3OS2/c16-10-3-1-9(2-4-10)12-7-22-15(19-12)11(5-17)14(20)13-6-21-8-18-13/h1-4,6-8,11H/t11-/m1/s1. The Hall–Kier alpha value is -2.07. The van der Waals surface area contributed by atoms with Crippen LogP contribution in [0, 0.1) is 11.3 Å². The van der Waals surface area contributed by atoms with E-state index in [1.54, 1.807) is 23.0 Å². The first-order chi connectivity index (χ1) is 10.7. The van der Waals surface area contributed by atoms with Crippen LogP contribution in [0.4, 0.5) is 0 Å². The third-order valence-electron chi connectivity index (χ3n) is 2.98. The first-order valence-corrected chi connectivity index (χ1v) is 8.42. The van der Waals surface area contributed by atoms with Crippen molar-refractivity contribution in [3.63, 3.8) is 0 Å². The van der Waals surface area contributed by atoms with Gasteiger partial charge in [0.15, 0.2) is 5.92 Å². The van der Waals surface area contributed by atoms with E-state index in [0.29, 0.717) is 15.7 Å². The lowest BCUT2D eigenvalue weighted by Crippen LogP contribution is -2.11. The Morgan fingerprint density at radius 3 is 2.68 bits per heavy atom. The first kappa shape index (κ1) is 14.9. The molecule has 108 valence electrons. The summed E-state index contributed by atoms with van der Waals surface area (Å²) in [6, 6.07) is 9.28. The lowest BCUT2D eigenvalue weighted by Gasteiger charge is -2.02. The predicted octanol–water partition coefficient (Wildman–Crippen LogP) is 4.41. The Kier molecular flexibility index (Phi) is 4.29. The van der Waals surface area contributed by atoms with Crippen LogP contribution >= 0.6 is 34.3 Å². The van der Waals surface area contributed by atoms with Crippen molar-refractivity contribution in [1.29, 1.82) is 5.26 Å². The lowest BCUT2D eigenvalue weighted by molar-refractivity contribution is 0.0974. The fraction of sp³-hybridized carbons (Fsp3) is 0.0667. The molecule has 0 N–H and O–H groups in total. The molecule has 0 spiro atoms. The van der Waals surface area contributed by atoms with Crippen molar-refractivity contribution < 1.29 is 4.79 Å². The average Bonchev–Trinajstić information content (AvgIpc) is 3.20. The second-order valence-corrected chi connectivity index (χ2v) is 6.42. The van der Waals surface area contributed by atoms with Crippen molar-refractivity contribution in [2.45, 2.75) is 5.92 Å². The van der Waals surface area contributed by atoms with E-state index in [4.69, 9.17) is 11.6 Å². The minimum Gasteiger partial charge on any atom is -0.290 e. The number of Topliss-reactive ketones (excluding diaryl/α,β-unsaturated/α-hetero) is 1. The van der Waals surface area contributed by atoms with E-state index in [9.17, 15) is 10.1 Å². The summed E-state index contributed by atoms with van der Waals surface area (Å²) in [7, 11) is 0.